The van der Waals surface area contributed by atoms with E-state index >= 15 is 0 Å². The molecule has 1 N–H and O–H groups in total. The van der Waals surface area contributed by atoms with Crippen LogP contribution in [0.2, 0.25) is 0 Å². The van der Waals surface area contributed by atoms with E-state index in [0.717, 1.165) is 13.1 Å². The molecule has 1 aliphatic heterocycles. The number of rotatable bonds is 3. The summed E-state index contributed by atoms with van der Waals surface area (Å²) in [6.45, 7) is 2.17. The highest BCUT2D eigenvalue weighted by Crippen LogP contribution is 2.10. The number of hydrogen-bond acceptors (Lipinski definition) is 3. The van der Waals surface area contributed by atoms with Gasteiger partial charge in [-0.15, -0.1) is 0 Å². The topological polar surface area (TPSA) is 38.3 Å². The van der Waals surface area contributed by atoms with Crippen LogP contribution in [0.3, 0.4) is 0 Å². The largest absolute Gasteiger partial charge is 0.466 e. The van der Waals surface area contributed by atoms with Crippen LogP contribution < -0.4 is 5.32 Å². The number of esters is 1. The normalized spacial score (nSPS) is 23.1. The second-order valence-corrected chi connectivity index (χ2v) is 3.37. The van der Waals surface area contributed by atoms with E-state index in [1.165, 1.54) is 26.0 Å². The van der Waals surface area contributed by atoms with Gasteiger partial charge < -0.3 is 10.1 Å². The van der Waals surface area contributed by atoms with Crippen LogP contribution in [0, 0.1) is 5.92 Å². The molecule has 0 radical (unpaired) electrons. The van der Waals surface area contributed by atoms with E-state index in [2.05, 4.69) is 16.1 Å². The SMILES string of the molecule is COC(=O)/C=C\C=C\C1CCCNC1. The quantitative estimate of drug-likeness (QED) is 0.419. The number of piperidine rings is 1. The van der Waals surface area contributed by atoms with Crippen LogP contribution >= 0.6 is 0 Å². The lowest BCUT2D eigenvalue weighted by molar-refractivity contribution is -0.134. The average molecular weight is 195 g/mol. The van der Waals surface area contributed by atoms with Crippen molar-refractivity contribution in [3.63, 3.8) is 0 Å². The standard InChI is InChI=1S/C11H17NO2/c1-14-11(13)7-3-2-5-10-6-4-8-12-9-10/h2-3,5,7,10,12H,4,6,8-9H2,1H3/b5-2+,7-3-. The zero-order chi connectivity index (χ0) is 10.2. The third-order valence-corrected chi connectivity index (χ3v) is 2.26. The van der Waals surface area contributed by atoms with Crippen molar-refractivity contribution in [3.8, 4) is 0 Å². The molecule has 3 heteroatoms. The van der Waals surface area contributed by atoms with Crippen LogP contribution in [0.25, 0.3) is 0 Å². The zero-order valence-corrected chi connectivity index (χ0v) is 8.53. The lowest BCUT2D eigenvalue weighted by Gasteiger charge is -2.18. The number of allylic oxidation sites excluding steroid dienone is 2. The summed E-state index contributed by atoms with van der Waals surface area (Å²) in [5.41, 5.74) is 0. The fourth-order valence-corrected chi connectivity index (χ4v) is 1.47. The minimum absolute atomic E-state index is 0.309. The van der Waals surface area contributed by atoms with Crippen LogP contribution in [0.15, 0.2) is 24.3 Å². The maximum Gasteiger partial charge on any atom is 0.330 e. The molecular weight excluding hydrogens is 178 g/mol. The maximum absolute atomic E-state index is 10.7. The van der Waals surface area contributed by atoms with Gasteiger partial charge in [0.25, 0.3) is 0 Å². The van der Waals surface area contributed by atoms with Crippen molar-refractivity contribution >= 4 is 5.97 Å². The van der Waals surface area contributed by atoms with Crippen LogP contribution in [0.1, 0.15) is 12.8 Å². The predicted octanol–water partition coefficient (Wildman–Crippen LogP) is 1.27. The average Bonchev–Trinajstić information content (AvgIpc) is 2.25. The molecule has 0 amide bonds. The van der Waals surface area contributed by atoms with Gasteiger partial charge in [-0.3, -0.25) is 0 Å². The fraction of sp³-hybridized carbons (Fsp3) is 0.545. The maximum atomic E-state index is 10.7. The van der Waals surface area contributed by atoms with Crippen LogP contribution in [-0.2, 0) is 9.53 Å². The van der Waals surface area contributed by atoms with Gasteiger partial charge >= 0.3 is 5.97 Å². The van der Waals surface area contributed by atoms with Crippen LogP contribution in [0.5, 0.6) is 0 Å². The summed E-state index contributed by atoms with van der Waals surface area (Å²) in [5, 5.41) is 3.33. The molecule has 1 aliphatic rings. The Balaban J connectivity index is 2.24. The molecule has 1 unspecified atom stereocenters. The van der Waals surface area contributed by atoms with Gasteiger partial charge in [0.1, 0.15) is 0 Å². The number of carbonyl (C=O) groups is 1. The number of nitrogens with one attached hydrogen (secondary N) is 1. The molecule has 0 saturated carbocycles. The third-order valence-electron chi connectivity index (χ3n) is 2.26. The van der Waals surface area contributed by atoms with Gasteiger partial charge in [-0.1, -0.05) is 18.2 Å². The van der Waals surface area contributed by atoms with Crippen LogP contribution in [0.4, 0.5) is 0 Å². The third kappa shape index (κ3) is 4.23. The van der Waals surface area contributed by atoms with E-state index in [1.807, 2.05) is 6.08 Å². The Morgan fingerprint density at radius 1 is 1.50 bits per heavy atom. The number of carbonyl (C=O) groups excluding carboxylic acids is 1. The molecule has 0 aromatic heterocycles. The Hall–Kier alpha value is -1.09. The summed E-state index contributed by atoms with van der Waals surface area (Å²) < 4.78 is 4.47. The Bertz CT molecular complexity index is 227. The molecule has 1 rings (SSSR count). The molecule has 0 spiro atoms. The first-order chi connectivity index (χ1) is 6.83. The number of methoxy groups -OCH3 is 1. The lowest BCUT2D eigenvalue weighted by atomic mass is 9.99. The van der Waals surface area contributed by atoms with Crippen LogP contribution in [-0.4, -0.2) is 26.2 Å². The molecule has 14 heavy (non-hydrogen) atoms. The first kappa shape index (κ1) is 11.0. The lowest BCUT2D eigenvalue weighted by Crippen LogP contribution is -2.28. The van der Waals surface area contributed by atoms with E-state index < -0.39 is 0 Å². The summed E-state index contributed by atoms with van der Waals surface area (Å²) in [6.07, 6.45) is 9.65. The van der Waals surface area contributed by atoms with Gasteiger partial charge in [0.15, 0.2) is 0 Å². The predicted molar refractivity (Wildman–Crippen MR) is 55.9 cm³/mol. The van der Waals surface area contributed by atoms with Gasteiger partial charge in [-0.05, 0) is 25.3 Å². The van der Waals surface area contributed by atoms with Gasteiger partial charge in [0.05, 0.1) is 7.11 Å². The molecule has 3 nitrogen and oxygen atoms in total. The molecule has 0 aromatic carbocycles. The first-order valence-corrected chi connectivity index (χ1v) is 4.96. The van der Waals surface area contributed by atoms with Crippen molar-refractivity contribution in [1.82, 2.24) is 5.32 Å². The Kier molecular flexibility index (Phi) is 5.00. The van der Waals surface area contributed by atoms with Crippen molar-refractivity contribution in [2.45, 2.75) is 12.8 Å². The second kappa shape index (κ2) is 6.38. The number of hydrogen-bond donors (Lipinski definition) is 1. The molecule has 1 fully saturated rings. The highest BCUT2D eigenvalue weighted by molar-refractivity contribution is 5.82. The van der Waals surface area contributed by atoms with Gasteiger partial charge in [-0.25, -0.2) is 4.79 Å². The Morgan fingerprint density at radius 2 is 2.36 bits per heavy atom. The highest BCUT2D eigenvalue weighted by atomic mass is 16.5. The van der Waals surface area contributed by atoms with E-state index in [9.17, 15) is 4.79 Å². The van der Waals surface area contributed by atoms with Crippen molar-refractivity contribution in [2.75, 3.05) is 20.2 Å². The summed E-state index contributed by atoms with van der Waals surface area (Å²) in [6, 6.07) is 0. The highest BCUT2D eigenvalue weighted by Gasteiger charge is 2.07. The molecule has 1 saturated heterocycles. The zero-order valence-electron chi connectivity index (χ0n) is 8.53. The molecule has 1 atom stereocenters. The van der Waals surface area contributed by atoms with Gasteiger partial charge in [0, 0.05) is 12.6 Å². The molecular formula is C11H17NO2. The molecule has 0 bridgehead atoms. The van der Waals surface area contributed by atoms with E-state index in [0.29, 0.717) is 5.92 Å². The molecule has 0 aromatic rings. The monoisotopic (exact) mass is 195 g/mol. The Labute approximate surface area is 84.8 Å². The van der Waals surface area contributed by atoms with Gasteiger partial charge in [-0.2, -0.15) is 0 Å². The molecule has 1 heterocycles. The Morgan fingerprint density at radius 3 is 3.00 bits per heavy atom. The molecule has 78 valence electrons. The van der Waals surface area contributed by atoms with Crippen molar-refractivity contribution in [3.05, 3.63) is 24.3 Å². The summed E-state index contributed by atoms with van der Waals surface area (Å²) >= 11 is 0. The van der Waals surface area contributed by atoms with E-state index in [4.69, 9.17) is 0 Å². The van der Waals surface area contributed by atoms with Crippen molar-refractivity contribution in [1.29, 1.82) is 0 Å². The number of ether oxygens (including phenoxy) is 1. The summed E-state index contributed by atoms with van der Waals surface area (Å²) in [5.74, 6) is 0.294. The second-order valence-electron chi connectivity index (χ2n) is 3.37. The van der Waals surface area contributed by atoms with E-state index in [1.54, 1.807) is 6.08 Å². The van der Waals surface area contributed by atoms with E-state index in [-0.39, 0.29) is 5.97 Å². The fourth-order valence-electron chi connectivity index (χ4n) is 1.47. The van der Waals surface area contributed by atoms with Gasteiger partial charge in [0.2, 0.25) is 0 Å². The van der Waals surface area contributed by atoms with Crippen molar-refractivity contribution < 1.29 is 9.53 Å². The minimum atomic E-state index is -0.309. The molecule has 0 aliphatic carbocycles. The smallest absolute Gasteiger partial charge is 0.330 e. The summed E-state index contributed by atoms with van der Waals surface area (Å²) in [7, 11) is 1.38. The summed E-state index contributed by atoms with van der Waals surface area (Å²) in [4.78, 5) is 10.7. The van der Waals surface area contributed by atoms with Crippen molar-refractivity contribution in [2.24, 2.45) is 5.92 Å². The first-order valence-electron chi connectivity index (χ1n) is 4.96. The minimum Gasteiger partial charge on any atom is -0.466 e.